The molecule has 2 rings (SSSR count). The number of piperidine rings is 1. The summed E-state index contributed by atoms with van der Waals surface area (Å²) in [5.41, 5.74) is 0.987. The van der Waals surface area contributed by atoms with Gasteiger partial charge in [0, 0.05) is 23.1 Å². The minimum Gasteiger partial charge on any atom is -0.371 e. The Labute approximate surface area is 129 Å². The first-order chi connectivity index (χ1) is 9.66. The Morgan fingerprint density at radius 3 is 2.65 bits per heavy atom. The molecule has 0 unspecified atom stereocenters. The van der Waals surface area contributed by atoms with E-state index in [2.05, 4.69) is 0 Å². The van der Waals surface area contributed by atoms with Crippen molar-refractivity contribution in [2.45, 2.75) is 25.7 Å². The van der Waals surface area contributed by atoms with E-state index in [1.54, 1.807) is 6.07 Å². The van der Waals surface area contributed by atoms with Crippen LogP contribution in [0.4, 0.5) is 0 Å². The zero-order valence-corrected chi connectivity index (χ0v) is 12.9. The summed E-state index contributed by atoms with van der Waals surface area (Å²) in [6.45, 7) is 2.38. The summed E-state index contributed by atoms with van der Waals surface area (Å²) in [5, 5.41) is 1.27. The number of halogens is 2. The molecule has 0 aliphatic carbocycles. The van der Waals surface area contributed by atoms with Gasteiger partial charge in [-0.1, -0.05) is 29.3 Å². The number of hydrogen-bond acceptors (Lipinski definition) is 2. The summed E-state index contributed by atoms with van der Waals surface area (Å²) in [5.74, 6) is 0.0897. The lowest BCUT2D eigenvalue weighted by atomic mass is 10.1. The monoisotopic (exact) mass is 315 g/mol. The lowest BCUT2D eigenvalue weighted by Crippen LogP contribution is -2.38. The lowest BCUT2D eigenvalue weighted by molar-refractivity contribution is -0.137. The zero-order valence-electron chi connectivity index (χ0n) is 11.4. The van der Waals surface area contributed by atoms with Crippen molar-refractivity contribution < 1.29 is 9.53 Å². The van der Waals surface area contributed by atoms with Crippen LogP contribution in [0.1, 0.15) is 24.8 Å². The van der Waals surface area contributed by atoms with Crippen molar-refractivity contribution in [2.24, 2.45) is 0 Å². The first-order valence-electron chi connectivity index (χ1n) is 6.96. The first-order valence-corrected chi connectivity index (χ1v) is 7.72. The van der Waals surface area contributed by atoms with Crippen LogP contribution < -0.4 is 0 Å². The molecule has 1 aliphatic rings. The number of amides is 1. The van der Waals surface area contributed by atoms with Crippen LogP contribution >= 0.6 is 23.2 Å². The van der Waals surface area contributed by atoms with Crippen LogP contribution in [0.15, 0.2) is 18.2 Å². The number of ether oxygens (including phenoxy) is 1. The molecular weight excluding hydrogens is 297 g/mol. The minimum absolute atomic E-state index is 0.0897. The molecule has 1 fully saturated rings. The van der Waals surface area contributed by atoms with Crippen LogP contribution in [-0.4, -0.2) is 37.1 Å². The molecule has 1 aromatic carbocycles. The molecule has 0 N–H and O–H groups in total. The maximum Gasteiger partial charge on any atom is 0.248 e. The van der Waals surface area contributed by atoms with E-state index in [0.717, 1.165) is 31.5 Å². The largest absolute Gasteiger partial charge is 0.371 e. The molecule has 1 amide bonds. The van der Waals surface area contributed by atoms with Crippen molar-refractivity contribution in [1.29, 1.82) is 0 Å². The maximum atomic E-state index is 11.9. The van der Waals surface area contributed by atoms with Crippen molar-refractivity contribution in [2.75, 3.05) is 26.3 Å². The second-order valence-corrected chi connectivity index (χ2v) is 5.82. The van der Waals surface area contributed by atoms with Gasteiger partial charge in [-0.05, 0) is 43.4 Å². The van der Waals surface area contributed by atoms with E-state index in [0.29, 0.717) is 23.1 Å². The third-order valence-corrected chi connectivity index (χ3v) is 4.05. The number of rotatable bonds is 5. The minimum atomic E-state index is 0.0897. The van der Waals surface area contributed by atoms with Gasteiger partial charge in [0.1, 0.15) is 6.61 Å². The van der Waals surface area contributed by atoms with Gasteiger partial charge in [0.15, 0.2) is 0 Å². The summed E-state index contributed by atoms with van der Waals surface area (Å²) < 4.78 is 5.45. The first kappa shape index (κ1) is 15.6. The highest BCUT2D eigenvalue weighted by molar-refractivity contribution is 6.35. The van der Waals surface area contributed by atoms with Crippen molar-refractivity contribution in [1.82, 2.24) is 4.90 Å². The van der Waals surface area contributed by atoms with Crippen LogP contribution in [0.2, 0.25) is 10.0 Å². The van der Waals surface area contributed by atoms with E-state index >= 15 is 0 Å². The van der Waals surface area contributed by atoms with Crippen LogP contribution in [0.5, 0.6) is 0 Å². The SMILES string of the molecule is O=C(COCCc1ccc(Cl)cc1Cl)N1CCCCC1. The fourth-order valence-corrected chi connectivity index (χ4v) is 2.80. The van der Waals surface area contributed by atoms with Crippen molar-refractivity contribution in [3.05, 3.63) is 33.8 Å². The van der Waals surface area contributed by atoms with Crippen molar-refractivity contribution in [3.63, 3.8) is 0 Å². The molecule has 0 saturated carbocycles. The fourth-order valence-electron chi connectivity index (χ4n) is 2.30. The highest BCUT2D eigenvalue weighted by Gasteiger charge is 2.16. The van der Waals surface area contributed by atoms with Crippen LogP contribution in [0.25, 0.3) is 0 Å². The summed E-state index contributed by atoms with van der Waals surface area (Å²) in [6.07, 6.45) is 4.11. The van der Waals surface area contributed by atoms with E-state index in [4.69, 9.17) is 27.9 Å². The van der Waals surface area contributed by atoms with E-state index in [1.807, 2.05) is 17.0 Å². The molecule has 0 bridgehead atoms. The van der Waals surface area contributed by atoms with Gasteiger partial charge in [-0.2, -0.15) is 0 Å². The summed E-state index contributed by atoms with van der Waals surface area (Å²) in [7, 11) is 0. The van der Waals surface area contributed by atoms with Gasteiger partial charge >= 0.3 is 0 Å². The molecule has 1 heterocycles. The van der Waals surface area contributed by atoms with Crippen molar-refractivity contribution in [3.8, 4) is 0 Å². The number of carbonyl (C=O) groups is 1. The van der Waals surface area contributed by atoms with Gasteiger partial charge in [0.2, 0.25) is 5.91 Å². The van der Waals surface area contributed by atoms with E-state index in [9.17, 15) is 4.79 Å². The average Bonchev–Trinajstić information content (AvgIpc) is 2.46. The van der Waals surface area contributed by atoms with Crippen LogP contribution in [0, 0.1) is 0 Å². The normalized spacial score (nSPS) is 15.4. The maximum absolute atomic E-state index is 11.9. The fraction of sp³-hybridized carbons (Fsp3) is 0.533. The second kappa shape index (κ2) is 7.87. The molecule has 5 heteroatoms. The molecule has 0 atom stereocenters. The van der Waals surface area contributed by atoms with Crippen LogP contribution in [-0.2, 0) is 16.0 Å². The molecule has 110 valence electrons. The molecule has 1 saturated heterocycles. The molecule has 0 aromatic heterocycles. The summed E-state index contributed by atoms with van der Waals surface area (Å²) >= 11 is 11.9. The highest BCUT2D eigenvalue weighted by atomic mass is 35.5. The third-order valence-electron chi connectivity index (χ3n) is 3.47. The lowest BCUT2D eigenvalue weighted by Gasteiger charge is -2.26. The molecular formula is C15H19Cl2NO2. The topological polar surface area (TPSA) is 29.5 Å². The van der Waals surface area contributed by atoms with Crippen molar-refractivity contribution >= 4 is 29.1 Å². The highest BCUT2D eigenvalue weighted by Crippen LogP contribution is 2.21. The number of benzene rings is 1. The Hall–Kier alpha value is -0.770. The van der Waals surface area contributed by atoms with Gasteiger partial charge in [-0.15, -0.1) is 0 Å². The standard InChI is InChI=1S/C15H19Cl2NO2/c16-13-5-4-12(14(17)10-13)6-9-20-11-15(19)18-7-2-1-3-8-18/h4-5,10H,1-3,6-9,11H2. The van der Waals surface area contributed by atoms with E-state index < -0.39 is 0 Å². The zero-order chi connectivity index (χ0) is 14.4. The molecule has 20 heavy (non-hydrogen) atoms. The Bertz CT molecular complexity index is 459. The Balaban J connectivity index is 1.69. The number of likely N-dealkylation sites (tertiary alicyclic amines) is 1. The predicted octanol–water partition coefficient (Wildman–Crippen LogP) is 3.57. The number of hydrogen-bond donors (Lipinski definition) is 0. The van der Waals surface area contributed by atoms with Gasteiger partial charge in [0.05, 0.1) is 6.61 Å². The van der Waals surface area contributed by atoms with Gasteiger partial charge < -0.3 is 9.64 Å². The molecule has 0 spiro atoms. The van der Waals surface area contributed by atoms with Gasteiger partial charge in [-0.3, -0.25) is 4.79 Å². The second-order valence-electron chi connectivity index (χ2n) is 4.98. The van der Waals surface area contributed by atoms with Gasteiger partial charge in [-0.25, -0.2) is 0 Å². The summed E-state index contributed by atoms with van der Waals surface area (Å²) in [6, 6.07) is 5.42. The Kier molecular flexibility index (Phi) is 6.14. The van der Waals surface area contributed by atoms with Crippen LogP contribution in [0.3, 0.4) is 0 Å². The van der Waals surface area contributed by atoms with E-state index in [1.165, 1.54) is 6.42 Å². The average molecular weight is 316 g/mol. The third kappa shape index (κ3) is 4.65. The van der Waals surface area contributed by atoms with E-state index in [-0.39, 0.29) is 12.5 Å². The predicted molar refractivity (Wildman–Crippen MR) is 81.4 cm³/mol. The molecule has 1 aromatic rings. The Morgan fingerprint density at radius 1 is 1.20 bits per heavy atom. The number of nitrogens with zero attached hydrogens (tertiary/aromatic N) is 1. The summed E-state index contributed by atoms with van der Waals surface area (Å²) in [4.78, 5) is 13.8. The number of carbonyl (C=O) groups excluding carboxylic acids is 1. The Morgan fingerprint density at radius 2 is 1.95 bits per heavy atom. The quantitative estimate of drug-likeness (QED) is 0.777. The smallest absolute Gasteiger partial charge is 0.248 e. The molecule has 0 radical (unpaired) electrons. The molecule has 3 nitrogen and oxygen atoms in total. The molecule has 1 aliphatic heterocycles. The van der Waals surface area contributed by atoms with Gasteiger partial charge in [0.25, 0.3) is 0 Å².